The van der Waals surface area contributed by atoms with Crippen molar-refractivity contribution in [1.29, 1.82) is 0 Å². The van der Waals surface area contributed by atoms with Crippen LogP contribution in [0.2, 0.25) is 0 Å². The fraction of sp³-hybridized carbons (Fsp3) is 0.895. The van der Waals surface area contributed by atoms with Crippen LogP contribution >= 0.6 is 0 Å². The molecule has 4 heteroatoms. The molecule has 0 aliphatic carbocycles. The first kappa shape index (κ1) is 21.9. The molecular formula is C19H38N2O2. The largest absolute Gasteiger partial charge is 0.338 e. The summed E-state index contributed by atoms with van der Waals surface area (Å²) < 4.78 is 0. The van der Waals surface area contributed by atoms with E-state index in [1.165, 1.54) is 0 Å². The zero-order chi connectivity index (χ0) is 18.3. The van der Waals surface area contributed by atoms with Gasteiger partial charge in [-0.1, -0.05) is 55.4 Å². The third-order valence-corrected chi connectivity index (χ3v) is 3.97. The highest BCUT2D eigenvalue weighted by Crippen LogP contribution is 2.27. The Morgan fingerprint density at radius 2 is 1.04 bits per heavy atom. The molecule has 0 fully saturated rings. The minimum atomic E-state index is 0.00319. The minimum Gasteiger partial charge on any atom is -0.338 e. The minimum absolute atomic E-state index is 0.00319. The van der Waals surface area contributed by atoms with Crippen LogP contribution in [-0.2, 0) is 9.59 Å². The predicted octanol–water partition coefficient (Wildman–Crippen LogP) is 4.10. The van der Waals surface area contributed by atoms with E-state index >= 15 is 0 Å². The smallest absolute Gasteiger partial charge is 0.224 e. The van der Waals surface area contributed by atoms with Gasteiger partial charge in [0.2, 0.25) is 11.8 Å². The van der Waals surface area contributed by atoms with Gasteiger partial charge in [-0.25, -0.2) is 0 Å². The monoisotopic (exact) mass is 326 g/mol. The molecule has 2 atom stereocenters. The second kappa shape index (κ2) is 9.29. The number of amides is 2. The molecule has 0 aromatic rings. The first-order valence-corrected chi connectivity index (χ1v) is 8.95. The summed E-state index contributed by atoms with van der Waals surface area (Å²) in [6.45, 7) is 17.1. The van der Waals surface area contributed by atoms with Gasteiger partial charge in [0.05, 0.1) is 6.67 Å². The Morgan fingerprint density at radius 1 is 0.739 bits per heavy atom. The number of hydrogen-bond donors (Lipinski definition) is 2. The van der Waals surface area contributed by atoms with Gasteiger partial charge in [0.15, 0.2) is 0 Å². The van der Waals surface area contributed by atoms with E-state index in [-0.39, 0.29) is 41.1 Å². The van der Waals surface area contributed by atoms with Crippen LogP contribution in [-0.4, -0.2) is 18.5 Å². The first-order chi connectivity index (χ1) is 10.4. The summed E-state index contributed by atoms with van der Waals surface area (Å²) in [5.74, 6) is 0.0742. The summed E-state index contributed by atoms with van der Waals surface area (Å²) in [7, 11) is 0. The van der Waals surface area contributed by atoms with Crippen LogP contribution in [0.1, 0.15) is 81.1 Å². The molecule has 136 valence electrons. The molecule has 0 aromatic heterocycles. The lowest BCUT2D eigenvalue weighted by Gasteiger charge is -2.26. The maximum absolute atomic E-state index is 12.2. The highest BCUT2D eigenvalue weighted by Gasteiger charge is 2.25. The molecule has 0 saturated heterocycles. The molecule has 0 aliphatic rings. The average molecular weight is 327 g/mol. The van der Waals surface area contributed by atoms with Gasteiger partial charge in [0.25, 0.3) is 0 Å². The number of rotatable bonds is 8. The summed E-state index contributed by atoms with van der Waals surface area (Å²) >= 11 is 0. The van der Waals surface area contributed by atoms with E-state index in [4.69, 9.17) is 0 Å². The molecule has 0 rings (SSSR count). The number of nitrogens with one attached hydrogen (secondary N) is 2. The Balaban J connectivity index is 4.36. The van der Waals surface area contributed by atoms with Crippen molar-refractivity contribution in [1.82, 2.24) is 10.6 Å². The van der Waals surface area contributed by atoms with Crippen molar-refractivity contribution in [3.05, 3.63) is 0 Å². The van der Waals surface area contributed by atoms with Crippen LogP contribution in [0, 0.1) is 22.7 Å². The maximum atomic E-state index is 12.2. The molecule has 2 unspecified atom stereocenters. The van der Waals surface area contributed by atoms with Crippen molar-refractivity contribution in [2.75, 3.05) is 6.67 Å². The lowest BCUT2D eigenvalue weighted by Crippen LogP contribution is -2.43. The van der Waals surface area contributed by atoms with Gasteiger partial charge in [-0.3, -0.25) is 9.59 Å². The summed E-state index contributed by atoms with van der Waals surface area (Å²) in [4.78, 5) is 24.5. The van der Waals surface area contributed by atoms with Crippen LogP contribution in [0.5, 0.6) is 0 Å². The van der Waals surface area contributed by atoms with E-state index < -0.39 is 0 Å². The van der Waals surface area contributed by atoms with Crippen molar-refractivity contribution in [3.8, 4) is 0 Å². The van der Waals surface area contributed by atoms with E-state index in [1.807, 2.05) is 13.8 Å². The van der Waals surface area contributed by atoms with Crippen molar-refractivity contribution >= 4 is 11.8 Å². The van der Waals surface area contributed by atoms with E-state index in [9.17, 15) is 9.59 Å². The molecule has 0 aromatic carbocycles. The molecule has 0 heterocycles. The second-order valence-corrected chi connectivity index (χ2v) is 9.00. The van der Waals surface area contributed by atoms with Crippen molar-refractivity contribution in [2.45, 2.75) is 81.1 Å². The van der Waals surface area contributed by atoms with Gasteiger partial charge in [0, 0.05) is 11.8 Å². The lowest BCUT2D eigenvalue weighted by atomic mass is 9.83. The van der Waals surface area contributed by atoms with Crippen LogP contribution in [0.15, 0.2) is 0 Å². The topological polar surface area (TPSA) is 58.2 Å². The second-order valence-electron chi connectivity index (χ2n) is 9.00. The van der Waals surface area contributed by atoms with Crippen LogP contribution in [0.25, 0.3) is 0 Å². The van der Waals surface area contributed by atoms with Crippen LogP contribution in [0.3, 0.4) is 0 Å². The van der Waals surface area contributed by atoms with Crippen LogP contribution in [0.4, 0.5) is 0 Å². The Hall–Kier alpha value is -1.06. The molecule has 2 N–H and O–H groups in total. The molecule has 0 aliphatic heterocycles. The van der Waals surface area contributed by atoms with E-state index in [1.54, 1.807) is 0 Å². The first-order valence-electron chi connectivity index (χ1n) is 8.95. The average Bonchev–Trinajstić information content (AvgIpc) is 2.39. The number of carbonyl (C=O) groups excluding carboxylic acids is 2. The molecule has 0 radical (unpaired) electrons. The van der Waals surface area contributed by atoms with Gasteiger partial charge >= 0.3 is 0 Å². The zero-order valence-corrected chi connectivity index (χ0v) is 16.5. The number of hydrogen-bond acceptors (Lipinski definition) is 2. The Morgan fingerprint density at radius 3 is 1.26 bits per heavy atom. The molecule has 0 saturated carbocycles. The third kappa shape index (κ3) is 10.4. The van der Waals surface area contributed by atoms with E-state index in [0.717, 1.165) is 25.7 Å². The fourth-order valence-electron chi connectivity index (χ4n) is 2.83. The highest BCUT2D eigenvalue weighted by atomic mass is 16.2. The van der Waals surface area contributed by atoms with Gasteiger partial charge < -0.3 is 10.6 Å². The Kier molecular flexibility index (Phi) is 8.86. The quantitative estimate of drug-likeness (QED) is 0.660. The third-order valence-electron chi connectivity index (χ3n) is 3.97. The SMILES string of the molecule is CCC(CC(C)(C)C)C(=O)NCNC(=O)C(CC)CC(C)(C)C. The fourth-order valence-corrected chi connectivity index (χ4v) is 2.83. The lowest BCUT2D eigenvalue weighted by molar-refractivity contribution is -0.128. The molecule has 0 spiro atoms. The van der Waals surface area contributed by atoms with Gasteiger partial charge in [-0.05, 0) is 36.5 Å². The summed E-state index contributed by atoms with van der Waals surface area (Å²) in [6.07, 6.45) is 3.34. The van der Waals surface area contributed by atoms with E-state index in [0.29, 0.717) is 0 Å². The van der Waals surface area contributed by atoms with Gasteiger partial charge in [-0.15, -0.1) is 0 Å². The summed E-state index contributed by atoms with van der Waals surface area (Å²) in [5, 5.41) is 5.72. The zero-order valence-electron chi connectivity index (χ0n) is 16.5. The van der Waals surface area contributed by atoms with Crippen molar-refractivity contribution in [3.63, 3.8) is 0 Å². The Bertz CT molecular complexity index is 342. The summed E-state index contributed by atoms with van der Waals surface area (Å²) in [6, 6.07) is 0. The van der Waals surface area contributed by atoms with Crippen molar-refractivity contribution < 1.29 is 9.59 Å². The molecule has 2 amide bonds. The van der Waals surface area contributed by atoms with E-state index in [2.05, 4.69) is 52.2 Å². The molecule has 0 bridgehead atoms. The molecule has 23 heavy (non-hydrogen) atoms. The highest BCUT2D eigenvalue weighted by molar-refractivity contribution is 5.81. The maximum Gasteiger partial charge on any atom is 0.224 e. The van der Waals surface area contributed by atoms with Gasteiger partial charge in [0.1, 0.15) is 0 Å². The summed E-state index contributed by atoms with van der Waals surface area (Å²) in [5.41, 5.74) is 0.253. The predicted molar refractivity (Wildman–Crippen MR) is 96.9 cm³/mol. The van der Waals surface area contributed by atoms with Gasteiger partial charge in [-0.2, -0.15) is 0 Å². The standard InChI is InChI=1S/C19H38N2O2/c1-9-14(11-18(3,4)5)16(22)20-13-21-17(23)15(10-2)12-19(6,7)8/h14-15H,9-13H2,1-8H3,(H,20,22)(H,21,23). The molecule has 4 nitrogen and oxygen atoms in total. The Labute approximate surface area is 143 Å². The normalized spacial score (nSPS) is 15.0. The number of carbonyl (C=O) groups is 2. The van der Waals surface area contributed by atoms with Crippen LogP contribution < -0.4 is 10.6 Å². The van der Waals surface area contributed by atoms with Crippen molar-refractivity contribution in [2.24, 2.45) is 22.7 Å². The molecular weight excluding hydrogens is 288 g/mol.